The van der Waals surface area contributed by atoms with Crippen molar-refractivity contribution in [1.29, 1.82) is 0 Å². The van der Waals surface area contributed by atoms with Gasteiger partial charge >= 0.3 is 5.82 Å². The minimum Gasteiger partial charge on any atom is -0.358 e. The molecule has 0 radical (unpaired) electrons. The number of carbonyl (C=O) groups excluding carboxylic acids is 1. The lowest BCUT2D eigenvalue weighted by Gasteiger charge is -2.36. The van der Waals surface area contributed by atoms with E-state index >= 15 is 0 Å². The monoisotopic (exact) mass is 357 g/mol. The molecule has 1 N–H and O–H groups in total. The Kier molecular flexibility index (Phi) is 5.32. The van der Waals surface area contributed by atoms with Gasteiger partial charge in [-0.25, -0.2) is 0 Å². The van der Waals surface area contributed by atoms with Gasteiger partial charge in [0.05, 0.1) is 6.04 Å². The van der Waals surface area contributed by atoms with Gasteiger partial charge < -0.3 is 20.3 Å². The van der Waals surface area contributed by atoms with E-state index in [0.717, 1.165) is 18.5 Å². The minimum absolute atomic E-state index is 0.0408. The molecule has 1 saturated heterocycles. The van der Waals surface area contributed by atoms with Crippen LogP contribution in [0.2, 0.25) is 0 Å². The van der Waals surface area contributed by atoms with Crippen molar-refractivity contribution in [3.63, 3.8) is 0 Å². The van der Waals surface area contributed by atoms with Gasteiger partial charge in [0.15, 0.2) is 0 Å². The fraction of sp³-hybridized carbons (Fsp3) is 0.444. The summed E-state index contributed by atoms with van der Waals surface area (Å²) in [6, 6.07) is 8.29. The summed E-state index contributed by atoms with van der Waals surface area (Å²) in [5.74, 6) is 0.165. The summed E-state index contributed by atoms with van der Waals surface area (Å²) in [6.07, 6.45) is 2.30. The van der Waals surface area contributed by atoms with Crippen LogP contribution >= 0.6 is 0 Å². The first-order chi connectivity index (χ1) is 12.5. The molecule has 1 unspecified atom stereocenters. The third kappa shape index (κ3) is 3.75. The highest BCUT2D eigenvalue weighted by molar-refractivity contribution is 5.77. The predicted octanol–water partition coefficient (Wildman–Crippen LogP) is 1.84. The Hall–Kier alpha value is -2.74. The first-order valence-corrected chi connectivity index (χ1v) is 8.76. The van der Waals surface area contributed by atoms with E-state index in [1.54, 1.807) is 11.5 Å². The fourth-order valence-electron chi connectivity index (χ4n) is 3.25. The number of nitrogens with zero attached hydrogens (tertiary/aromatic N) is 4. The number of aryl methyl sites for hydroxylation is 2. The van der Waals surface area contributed by atoms with Crippen molar-refractivity contribution in [3.8, 4) is 0 Å². The maximum Gasteiger partial charge on any atom is 0.381 e. The number of hydrogen-bond donors (Lipinski definition) is 1. The van der Waals surface area contributed by atoms with Crippen molar-refractivity contribution in [2.75, 3.05) is 19.6 Å². The van der Waals surface area contributed by atoms with E-state index in [1.807, 2.05) is 4.90 Å². The first kappa shape index (κ1) is 18.1. The van der Waals surface area contributed by atoms with Crippen molar-refractivity contribution >= 4 is 11.7 Å². The van der Waals surface area contributed by atoms with E-state index in [4.69, 9.17) is 0 Å². The quantitative estimate of drug-likeness (QED) is 0.651. The summed E-state index contributed by atoms with van der Waals surface area (Å²) in [4.78, 5) is 28.9. The Bertz CT molecular complexity index is 800. The molecule has 1 aromatic carbocycles. The Balaban J connectivity index is 1.78. The summed E-state index contributed by atoms with van der Waals surface area (Å²) < 4.78 is 1.54. The van der Waals surface area contributed by atoms with Crippen LogP contribution in [0.3, 0.4) is 0 Å². The molecule has 2 heterocycles. The zero-order valence-corrected chi connectivity index (χ0v) is 15.0. The second-order valence-electron chi connectivity index (χ2n) is 6.43. The fourth-order valence-corrected chi connectivity index (χ4v) is 3.25. The zero-order chi connectivity index (χ0) is 18.7. The second kappa shape index (κ2) is 7.65. The molecule has 138 valence electrons. The third-order valence-electron chi connectivity index (χ3n) is 4.79. The Labute approximate surface area is 152 Å². The lowest BCUT2D eigenvalue weighted by molar-refractivity contribution is -0.389. The zero-order valence-electron chi connectivity index (χ0n) is 15.0. The highest BCUT2D eigenvalue weighted by Gasteiger charge is 2.29. The maximum absolute atomic E-state index is 12.9. The molecule has 1 amide bonds. The average Bonchev–Trinajstić information content (AvgIpc) is 3.02. The van der Waals surface area contributed by atoms with E-state index in [9.17, 15) is 14.9 Å². The standard InChI is InChI=1S/C18H23N5O3/c1-3-14-4-6-15(7-5-14)16-10-19-8-9-22(16)18(24)12-21-11-17(23(25)26)20-13(21)2/h4-7,11,16,19H,3,8-10,12H2,1-2H3. The third-order valence-corrected chi connectivity index (χ3v) is 4.79. The van der Waals surface area contributed by atoms with Crippen molar-refractivity contribution in [2.45, 2.75) is 32.9 Å². The van der Waals surface area contributed by atoms with Crippen LogP contribution in [0.4, 0.5) is 5.82 Å². The van der Waals surface area contributed by atoms with Crippen LogP contribution in [0.15, 0.2) is 30.5 Å². The number of hydrogen-bond acceptors (Lipinski definition) is 5. The van der Waals surface area contributed by atoms with Crippen molar-refractivity contribution < 1.29 is 9.72 Å². The number of amides is 1. The Morgan fingerprint density at radius 1 is 1.38 bits per heavy atom. The molecular formula is C18H23N5O3. The van der Waals surface area contributed by atoms with Crippen LogP contribution in [-0.4, -0.2) is 44.9 Å². The Morgan fingerprint density at radius 2 is 2.12 bits per heavy atom. The molecule has 3 rings (SSSR count). The van der Waals surface area contributed by atoms with Crippen LogP contribution < -0.4 is 5.32 Å². The lowest BCUT2D eigenvalue weighted by Crippen LogP contribution is -2.49. The number of carbonyl (C=O) groups is 1. The number of imidazole rings is 1. The van der Waals surface area contributed by atoms with Gasteiger partial charge in [-0.1, -0.05) is 31.2 Å². The van der Waals surface area contributed by atoms with Crippen molar-refractivity contribution in [3.05, 3.63) is 57.5 Å². The van der Waals surface area contributed by atoms with Gasteiger partial charge in [-0.05, 0) is 27.5 Å². The molecule has 1 aliphatic rings. The molecule has 1 aromatic heterocycles. The van der Waals surface area contributed by atoms with Gasteiger partial charge in [-0.15, -0.1) is 0 Å². The molecule has 26 heavy (non-hydrogen) atoms. The second-order valence-corrected chi connectivity index (χ2v) is 6.43. The van der Waals surface area contributed by atoms with Crippen molar-refractivity contribution in [1.82, 2.24) is 19.8 Å². The molecule has 0 saturated carbocycles. The van der Waals surface area contributed by atoms with E-state index < -0.39 is 4.92 Å². The highest BCUT2D eigenvalue weighted by atomic mass is 16.6. The molecule has 1 atom stereocenters. The molecule has 8 heteroatoms. The molecule has 2 aromatic rings. The summed E-state index contributed by atoms with van der Waals surface area (Å²) >= 11 is 0. The maximum atomic E-state index is 12.9. The van der Waals surface area contributed by atoms with Crippen LogP contribution in [0.5, 0.6) is 0 Å². The van der Waals surface area contributed by atoms with Gasteiger partial charge in [-0.3, -0.25) is 9.36 Å². The van der Waals surface area contributed by atoms with E-state index in [0.29, 0.717) is 18.9 Å². The van der Waals surface area contributed by atoms with Gasteiger partial charge in [0.1, 0.15) is 12.7 Å². The van der Waals surface area contributed by atoms with Gasteiger partial charge in [0.2, 0.25) is 11.7 Å². The van der Waals surface area contributed by atoms with Gasteiger partial charge in [0.25, 0.3) is 0 Å². The largest absolute Gasteiger partial charge is 0.381 e. The van der Waals surface area contributed by atoms with Crippen LogP contribution in [0, 0.1) is 17.0 Å². The predicted molar refractivity (Wildman–Crippen MR) is 96.8 cm³/mol. The topological polar surface area (TPSA) is 93.3 Å². The molecule has 0 bridgehead atoms. The average molecular weight is 357 g/mol. The number of benzene rings is 1. The van der Waals surface area contributed by atoms with Crippen LogP contribution in [0.1, 0.15) is 29.9 Å². The van der Waals surface area contributed by atoms with E-state index in [-0.39, 0.29) is 24.3 Å². The molecule has 0 spiro atoms. The number of nitro groups is 1. The summed E-state index contributed by atoms with van der Waals surface area (Å²) in [5.41, 5.74) is 2.35. The van der Waals surface area contributed by atoms with Crippen LogP contribution in [-0.2, 0) is 17.8 Å². The normalized spacial score (nSPS) is 17.3. The number of rotatable bonds is 5. The van der Waals surface area contributed by atoms with Gasteiger partial charge in [-0.2, -0.15) is 0 Å². The molecule has 0 aliphatic carbocycles. The highest BCUT2D eigenvalue weighted by Crippen LogP contribution is 2.23. The molecule has 8 nitrogen and oxygen atoms in total. The molecule has 1 fully saturated rings. The SMILES string of the molecule is CCc1ccc(C2CNCCN2C(=O)Cn2cc([N+](=O)[O-])nc2C)cc1. The van der Waals surface area contributed by atoms with E-state index in [1.165, 1.54) is 11.8 Å². The van der Waals surface area contributed by atoms with Crippen molar-refractivity contribution in [2.24, 2.45) is 0 Å². The van der Waals surface area contributed by atoms with Gasteiger partial charge in [0, 0.05) is 26.6 Å². The number of nitrogens with one attached hydrogen (secondary N) is 1. The summed E-state index contributed by atoms with van der Waals surface area (Å²) in [5, 5.41) is 14.2. The van der Waals surface area contributed by atoms with Crippen LogP contribution in [0.25, 0.3) is 0 Å². The minimum atomic E-state index is -0.545. The summed E-state index contributed by atoms with van der Waals surface area (Å²) in [7, 11) is 0. The first-order valence-electron chi connectivity index (χ1n) is 8.76. The molecular weight excluding hydrogens is 334 g/mol. The van der Waals surface area contributed by atoms with E-state index in [2.05, 4.69) is 41.5 Å². The lowest BCUT2D eigenvalue weighted by atomic mass is 10.0. The number of aromatic nitrogens is 2. The summed E-state index contributed by atoms with van der Waals surface area (Å²) in [6.45, 7) is 5.86. The Morgan fingerprint density at radius 3 is 2.73 bits per heavy atom. The molecule has 1 aliphatic heterocycles. The smallest absolute Gasteiger partial charge is 0.358 e. The number of piperazine rings is 1.